The molecule has 0 aromatic heterocycles. The Hall–Kier alpha value is -0.180. The molecule has 0 bridgehead atoms. The van der Waals surface area contributed by atoms with Gasteiger partial charge in [-0.2, -0.15) is 12.6 Å². The first-order valence-electron chi connectivity index (χ1n) is 4.75. The zero-order valence-electron chi connectivity index (χ0n) is 8.96. The molecule has 0 amide bonds. The molecule has 0 spiro atoms. The Morgan fingerprint density at radius 3 is 2.67 bits per heavy atom. The van der Waals surface area contributed by atoms with E-state index in [4.69, 9.17) is 6.11 Å². The van der Waals surface area contributed by atoms with E-state index in [-0.39, 0.29) is 5.97 Å². The lowest BCUT2D eigenvalue weighted by atomic mass is 9.91. The second-order valence-corrected chi connectivity index (χ2v) is 3.71. The summed E-state index contributed by atoms with van der Waals surface area (Å²) in [6.07, 6.45) is 1.24. The largest absolute Gasteiger partial charge is 0.465 e. The summed E-state index contributed by atoms with van der Waals surface area (Å²) >= 11 is 3.87. The molecule has 0 aliphatic heterocycles. The summed E-state index contributed by atoms with van der Waals surface area (Å²) in [6.45, 7) is 5.95. The summed E-state index contributed by atoms with van der Waals surface area (Å²) < 4.78 is 12.1. The van der Waals surface area contributed by atoms with Crippen molar-refractivity contribution in [3.63, 3.8) is 0 Å². The van der Waals surface area contributed by atoms with E-state index in [1.807, 2.05) is 20.8 Å². The Morgan fingerprint density at radius 1 is 1.67 bits per heavy atom. The van der Waals surface area contributed by atoms with Crippen LogP contribution in [0.3, 0.4) is 0 Å². The number of hydrogen-bond acceptors (Lipinski definition) is 3. The van der Waals surface area contributed by atoms with Crippen molar-refractivity contribution in [3.8, 4) is 0 Å². The quantitative estimate of drug-likeness (QED) is 0.534. The fourth-order valence-corrected chi connectivity index (χ4v) is 0.649. The van der Waals surface area contributed by atoms with Crippen LogP contribution < -0.4 is 0 Å². The highest BCUT2D eigenvalue weighted by Crippen LogP contribution is 2.21. The van der Waals surface area contributed by atoms with Crippen LogP contribution in [0.4, 0.5) is 0 Å². The Labute approximate surface area is 81.5 Å². The van der Waals surface area contributed by atoms with E-state index in [9.17, 15) is 4.79 Å². The third-order valence-electron chi connectivity index (χ3n) is 1.92. The summed E-state index contributed by atoms with van der Waals surface area (Å²) in [6, 6.07) is 0. The van der Waals surface area contributed by atoms with E-state index in [2.05, 4.69) is 12.6 Å². The van der Waals surface area contributed by atoms with Gasteiger partial charge >= 0.3 is 5.97 Å². The topological polar surface area (TPSA) is 26.3 Å². The molecule has 1 unspecified atom stereocenters. The molecule has 0 aliphatic carbocycles. The second kappa shape index (κ2) is 5.46. The predicted octanol–water partition coefficient (Wildman–Crippen LogP) is 2.29. The molecule has 72 valence electrons. The third kappa shape index (κ3) is 4.00. The molecule has 0 heterocycles. The number of carbonyl (C=O) groups is 1. The normalized spacial score (nSPS) is 15.2. The second-order valence-electron chi connectivity index (χ2n) is 3.34. The average molecular weight is 192 g/mol. The van der Waals surface area contributed by atoms with Crippen molar-refractivity contribution in [2.75, 3.05) is 12.3 Å². The van der Waals surface area contributed by atoms with Crippen molar-refractivity contribution in [2.24, 2.45) is 5.41 Å². The Morgan fingerprint density at radius 2 is 2.25 bits per heavy atom. The fraction of sp³-hybridized carbons (Fsp3) is 0.889. The molecule has 0 N–H and O–H groups in total. The number of carbonyl (C=O) groups excluding carboxylic acids is 1. The smallest absolute Gasteiger partial charge is 0.311 e. The van der Waals surface area contributed by atoms with Crippen molar-refractivity contribution < 1.29 is 10.9 Å². The van der Waals surface area contributed by atoms with Gasteiger partial charge in [0.1, 0.15) is 0 Å². The van der Waals surface area contributed by atoms with E-state index in [0.29, 0.717) is 13.0 Å². The number of rotatable bonds is 5. The molecular weight excluding hydrogens is 172 g/mol. The van der Waals surface area contributed by atoms with E-state index in [1.54, 1.807) is 0 Å². The maximum atomic E-state index is 11.4. The average Bonchev–Trinajstić information content (AvgIpc) is 2.03. The van der Waals surface area contributed by atoms with Crippen LogP contribution in [0, 0.1) is 5.41 Å². The number of ether oxygens (including phenoxy) is 1. The lowest BCUT2D eigenvalue weighted by Gasteiger charge is -2.19. The molecule has 0 saturated carbocycles. The first kappa shape index (κ1) is 9.90. The van der Waals surface area contributed by atoms with Gasteiger partial charge in [-0.05, 0) is 32.4 Å². The van der Waals surface area contributed by atoms with Gasteiger partial charge in [-0.1, -0.05) is 6.92 Å². The predicted molar refractivity (Wildman–Crippen MR) is 53.5 cm³/mol. The van der Waals surface area contributed by atoms with Gasteiger partial charge < -0.3 is 4.74 Å². The van der Waals surface area contributed by atoms with Crippen molar-refractivity contribution in [2.45, 2.75) is 33.6 Å². The maximum Gasteiger partial charge on any atom is 0.311 e. The minimum atomic E-state index is -0.461. The van der Waals surface area contributed by atoms with E-state index < -0.39 is 11.1 Å². The van der Waals surface area contributed by atoms with Crippen molar-refractivity contribution in [3.05, 3.63) is 0 Å². The molecule has 2 nitrogen and oxygen atoms in total. The van der Waals surface area contributed by atoms with Crippen LogP contribution in [0.15, 0.2) is 0 Å². The van der Waals surface area contributed by atoms with Crippen LogP contribution in [0.1, 0.15) is 35.0 Å². The van der Waals surface area contributed by atoms with Crippen LogP contribution in [0.5, 0.6) is 0 Å². The SMILES string of the molecule is [3H]C(S)CCOC(=O)C(C)(C)CC. The zero-order chi connectivity index (χ0) is 10.5. The lowest BCUT2D eigenvalue weighted by molar-refractivity contribution is -0.154. The Bertz CT molecular complexity index is 169. The molecule has 0 rings (SSSR count). The minimum Gasteiger partial charge on any atom is -0.465 e. The summed E-state index contributed by atoms with van der Waals surface area (Å²) in [7, 11) is 0. The highest BCUT2D eigenvalue weighted by molar-refractivity contribution is 7.80. The van der Waals surface area contributed by atoms with Crippen LogP contribution in [-0.4, -0.2) is 18.3 Å². The van der Waals surface area contributed by atoms with Crippen molar-refractivity contribution in [1.29, 1.82) is 0 Å². The molecule has 1 atom stereocenters. The molecule has 0 aliphatic rings. The molecule has 0 aromatic rings. The first-order chi connectivity index (χ1) is 5.90. The van der Waals surface area contributed by atoms with Gasteiger partial charge in [0.15, 0.2) is 0 Å². The lowest BCUT2D eigenvalue weighted by Crippen LogP contribution is -2.26. The zero-order valence-corrected chi connectivity index (χ0v) is 8.86. The van der Waals surface area contributed by atoms with Gasteiger partial charge in [-0.25, -0.2) is 0 Å². The van der Waals surface area contributed by atoms with Gasteiger partial charge in [-0.15, -0.1) is 0 Å². The van der Waals surface area contributed by atoms with Gasteiger partial charge in [0.2, 0.25) is 0 Å². The van der Waals surface area contributed by atoms with Crippen LogP contribution in [0.2, 0.25) is 0 Å². The summed E-state index contributed by atoms with van der Waals surface area (Å²) in [5, 5.41) is 0. The summed E-state index contributed by atoms with van der Waals surface area (Å²) in [4.78, 5) is 11.4. The third-order valence-corrected chi connectivity index (χ3v) is 2.17. The molecule has 0 fully saturated rings. The van der Waals surface area contributed by atoms with Gasteiger partial charge in [0.05, 0.1) is 12.0 Å². The molecule has 0 saturated heterocycles. The highest BCUT2D eigenvalue weighted by Gasteiger charge is 2.26. The van der Waals surface area contributed by atoms with E-state index in [0.717, 1.165) is 6.42 Å². The van der Waals surface area contributed by atoms with E-state index in [1.165, 1.54) is 0 Å². The van der Waals surface area contributed by atoms with Crippen LogP contribution in [-0.2, 0) is 9.53 Å². The van der Waals surface area contributed by atoms with Crippen LogP contribution >= 0.6 is 12.6 Å². The maximum absolute atomic E-state index is 11.4. The van der Waals surface area contributed by atoms with Crippen molar-refractivity contribution >= 4 is 18.6 Å². The molecule has 0 radical (unpaired) electrons. The molecule has 12 heavy (non-hydrogen) atoms. The Kier molecular flexibility index (Phi) is 4.51. The number of thiol groups is 1. The molecule has 3 heteroatoms. The first-order valence-corrected chi connectivity index (χ1v) is 4.69. The number of hydrogen-bond donors (Lipinski definition) is 1. The number of esters is 1. The summed E-state index contributed by atoms with van der Waals surface area (Å²) in [5.74, 6) is -0.191. The monoisotopic (exact) mass is 192 g/mol. The van der Waals surface area contributed by atoms with Gasteiger partial charge in [0.25, 0.3) is 0 Å². The molecular formula is C9H18O2S. The van der Waals surface area contributed by atoms with Crippen molar-refractivity contribution in [1.82, 2.24) is 0 Å². The fourth-order valence-electron chi connectivity index (χ4n) is 0.544. The van der Waals surface area contributed by atoms with Gasteiger partial charge in [-0.3, -0.25) is 4.79 Å². The van der Waals surface area contributed by atoms with Crippen LogP contribution in [0.25, 0.3) is 0 Å². The summed E-state index contributed by atoms with van der Waals surface area (Å²) in [5.41, 5.74) is -0.869. The minimum absolute atomic E-state index is 0.191. The van der Waals surface area contributed by atoms with Gasteiger partial charge in [0, 0.05) is 1.37 Å². The molecule has 0 aromatic carbocycles. The standard InChI is InChI=1S/C9H18O2S/c1-4-9(2,3)8(10)11-6-5-7-12/h12H,4-7H2,1-3H3/i7T. The highest BCUT2D eigenvalue weighted by atomic mass is 32.1. The Balaban J connectivity index is 3.75. The van der Waals surface area contributed by atoms with E-state index >= 15 is 0 Å².